The molecular weight excluding hydrogens is 328 g/mol. The lowest BCUT2D eigenvalue weighted by molar-refractivity contribution is -0.137. The topological polar surface area (TPSA) is 75.7 Å². The van der Waals surface area contributed by atoms with Gasteiger partial charge in [-0.15, -0.1) is 0 Å². The third kappa shape index (κ3) is 4.86. The average Bonchev–Trinajstić information content (AvgIpc) is 2.88. The molecule has 1 aliphatic rings. The van der Waals surface area contributed by atoms with Crippen LogP contribution in [0.15, 0.2) is 35.4 Å². The number of nitrogens with one attached hydrogen (secondary N) is 1. The molecule has 1 heterocycles. The fourth-order valence-electron chi connectivity index (χ4n) is 2.20. The van der Waals surface area contributed by atoms with Gasteiger partial charge in [0.05, 0.1) is 23.5 Å². The highest BCUT2D eigenvalue weighted by atomic mass is 32.2. The number of amides is 2. The van der Waals surface area contributed by atoms with Crippen molar-refractivity contribution >= 4 is 35.2 Å². The van der Waals surface area contributed by atoms with Crippen LogP contribution in [-0.4, -0.2) is 41.6 Å². The van der Waals surface area contributed by atoms with Gasteiger partial charge in [-0.3, -0.25) is 14.5 Å². The lowest BCUT2D eigenvalue weighted by Crippen LogP contribution is -2.34. The van der Waals surface area contributed by atoms with E-state index in [2.05, 4.69) is 5.32 Å². The summed E-state index contributed by atoms with van der Waals surface area (Å²) in [6, 6.07) is 7.55. The molecule has 1 aliphatic heterocycles. The van der Waals surface area contributed by atoms with Gasteiger partial charge in [0.2, 0.25) is 11.8 Å². The van der Waals surface area contributed by atoms with Gasteiger partial charge >= 0.3 is 5.97 Å². The second-order valence-corrected chi connectivity index (χ2v) is 6.10. The predicted octanol–water partition coefficient (Wildman–Crippen LogP) is 2.17. The number of benzene rings is 1. The Kier molecular flexibility index (Phi) is 6.43. The van der Waals surface area contributed by atoms with Gasteiger partial charge in [0.15, 0.2) is 0 Å². The molecule has 0 bridgehead atoms. The van der Waals surface area contributed by atoms with E-state index >= 15 is 0 Å². The second-order valence-electron chi connectivity index (χ2n) is 5.11. The van der Waals surface area contributed by atoms with Crippen LogP contribution in [0.1, 0.15) is 19.4 Å². The van der Waals surface area contributed by atoms with Crippen LogP contribution in [0.2, 0.25) is 0 Å². The summed E-state index contributed by atoms with van der Waals surface area (Å²) in [5.74, 6) is -0.818. The fraction of sp³-hybridized carbons (Fsp3) is 0.353. The zero-order valence-electron chi connectivity index (χ0n) is 13.7. The van der Waals surface area contributed by atoms with Crippen molar-refractivity contribution in [1.29, 1.82) is 0 Å². The summed E-state index contributed by atoms with van der Waals surface area (Å²) in [5.41, 5.74) is 1.80. The molecule has 0 radical (unpaired) electrons. The first-order valence-electron chi connectivity index (χ1n) is 7.74. The number of nitrogens with zero attached hydrogens (tertiary/aromatic N) is 1. The lowest BCUT2D eigenvalue weighted by atomic mass is 10.1. The molecule has 0 atom stereocenters. The molecule has 24 heavy (non-hydrogen) atoms. The molecule has 0 saturated carbocycles. The fourth-order valence-corrected chi connectivity index (χ4v) is 3.13. The molecule has 1 aromatic rings. The van der Waals surface area contributed by atoms with Crippen molar-refractivity contribution in [3.05, 3.63) is 40.9 Å². The summed E-state index contributed by atoms with van der Waals surface area (Å²) in [5, 5.41) is 3.22. The van der Waals surface area contributed by atoms with Crippen molar-refractivity contribution < 1.29 is 19.1 Å². The Hall–Kier alpha value is -2.28. The third-order valence-corrected chi connectivity index (χ3v) is 4.38. The van der Waals surface area contributed by atoms with Crippen LogP contribution in [0.4, 0.5) is 5.69 Å². The number of hydrogen-bond acceptors (Lipinski definition) is 5. The summed E-state index contributed by atoms with van der Waals surface area (Å²) in [6.45, 7) is 3.87. The number of anilines is 1. The highest BCUT2D eigenvalue weighted by molar-refractivity contribution is 8.04. The number of esters is 1. The van der Waals surface area contributed by atoms with Crippen molar-refractivity contribution in [3.8, 4) is 0 Å². The number of aryl methyl sites for hydroxylation is 1. The minimum atomic E-state index is -0.518. The number of rotatable bonds is 6. The third-order valence-electron chi connectivity index (χ3n) is 3.36. The van der Waals surface area contributed by atoms with Gasteiger partial charge in [-0.1, -0.05) is 30.8 Å². The molecular formula is C17H20N2O4S. The molecule has 1 aromatic carbocycles. The molecule has 1 N–H and O–H groups in total. The largest absolute Gasteiger partial charge is 0.463 e. The van der Waals surface area contributed by atoms with Crippen molar-refractivity contribution in [2.45, 2.75) is 20.3 Å². The molecule has 0 unspecified atom stereocenters. The zero-order chi connectivity index (χ0) is 17.5. The van der Waals surface area contributed by atoms with Gasteiger partial charge in [-0.25, -0.2) is 4.79 Å². The number of carbonyl (C=O) groups excluding carboxylic acids is 3. The smallest absolute Gasteiger partial charge is 0.333 e. The summed E-state index contributed by atoms with van der Waals surface area (Å²) >= 11 is 1.22. The van der Waals surface area contributed by atoms with Crippen molar-refractivity contribution in [2.75, 3.05) is 24.2 Å². The Bertz CT molecular complexity index is 672. The number of carbonyl (C=O) groups is 3. The van der Waals surface area contributed by atoms with E-state index in [0.717, 1.165) is 12.0 Å². The molecule has 2 rings (SSSR count). The number of ether oxygens (including phenoxy) is 1. The van der Waals surface area contributed by atoms with E-state index in [0.29, 0.717) is 10.7 Å². The molecule has 2 amide bonds. The van der Waals surface area contributed by atoms with Crippen molar-refractivity contribution in [1.82, 2.24) is 4.90 Å². The maximum Gasteiger partial charge on any atom is 0.333 e. The summed E-state index contributed by atoms with van der Waals surface area (Å²) in [4.78, 5) is 37.0. The highest BCUT2D eigenvalue weighted by Crippen LogP contribution is 2.28. The maximum atomic E-state index is 12.2. The first-order valence-corrected chi connectivity index (χ1v) is 8.72. The van der Waals surface area contributed by atoms with E-state index in [1.54, 1.807) is 13.0 Å². The minimum absolute atomic E-state index is 0.132. The SMILES string of the molecule is CCOC(=O)/C=C1\SCC(=O)N1CC(=O)Nc1cccc(CC)c1. The van der Waals surface area contributed by atoms with Crippen LogP contribution in [0.25, 0.3) is 0 Å². The van der Waals surface area contributed by atoms with Crippen LogP contribution in [0.5, 0.6) is 0 Å². The predicted molar refractivity (Wildman–Crippen MR) is 93.3 cm³/mol. The molecule has 1 saturated heterocycles. The van der Waals surface area contributed by atoms with E-state index < -0.39 is 5.97 Å². The van der Waals surface area contributed by atoms with E-state index in [-0.39, 0.29) is 30.7 Å². The minimum Gasteiger partial charge on any atom is -0.463 e. The monoisotopic (exact) mass is 348 g/mol. The van der Waals surface area contributed by atoms with E-state index in [4.69, 9.17) is 4.74 Å². The average molecular weight is 348 g/mol. The van der Waals surface area contributed by atoms with Gasteiger partial charge in [-0.2, -0.15) is 0 Å². The van der Waals surface area contributed by atoms with Crippen LogP contribution >= 0.6 is 11.8 Å². The van der Waals surface area contributed by atoms with E-state index in [9.17, 15) is 14.4 Å². The zero-order valence-corrected chi connectivity index (χ0v) is 14.5. The lowest BCUT2D eigenvalue weighted by Gasteiger charge is -2.16. The number of thioether (sulfide) groups is 1. The van der Waals surface area contributed by atoms with Gasteiger partial charge in [-0.05, 0) is 31.0 Å². The molecule has 1 fully saturated rings. The molecule has 0 aliphatic carbocycles. The normalized spacial score (nSPS) is 15.7. The van der Waals surface area contributed by atoms with Gasteiger partial charge in [0.1, 0.15) is 6.54 Å². The Morgan fingerprint density at radius 2 is 2.17 bits per heavy atom. The Balaban J connectivity index is 2.02. The van der Waals surface area contributed by atoms with Crippen molar-refractivity contribution in [3.63, 3.8) is 0 Å². The van der Waals surface area contributed by atoms with Gasteiger partial charge in [0.25, 0.3) is 0 Å². The van der Waals surface area contributed by atoms with Crippen LogP contribution in [0.3, 0.4) is 0 Å². The van der Waals surface area contributed by atoms with Crippen LogP contribution in [-0.2, 0) is 25.5 Å². The second kappa shape index (κ2) is 8.54. The maximum absolute atomic E-state index is 12.2. The van der Waals surface area contributed by atoms with E-state index in [1.165, 1.54) is 22.7 Å². The Labute approximate surface area is 145 Å². The van der Waals surface area contributed by atoms with Crippen LogP contribution < -0.4 is 5.32 Å². The summed E-state index contributed by atoms with van der Waals surface area (Å²) in [6.07, 6.45) is 2.13. The first-order chi connectivity index (χ1) is 11.5. The first kappa shape index (κ1) is 18.1. The van der Waals surface area contributed by atoms with Crippen LogP contribution in [0, 0.1) is 0 Å². The van der Waals surface area contributed by atoms with Gasteiger partial charge in [0, 0.05) is 5.69 Å². The summed E-state index contributed by atoms with van der Waals surface area (Å²) in [7, 11) is 0. The molecule has 128 valence electrons. The molecule has 7 heteroatoms. The quantitative estimate of drug-likeness (QED) is 0.630. The van der Waals surface area contributed by atoms with E-state index in [1.807, 2.05) is 25.1 Å². The standard InChI is InChI=1S/C17H20N2O4S/c1-3-12-6-5-7-13(8-12)18-14(20)10-19-15(21)11-24-16(19)9-17(22)23-4-2/h5-9H,3-4,10-11H2,1-2H3,(H,18,20)/b16-9-. The molecule has 0 spiro atoms. The molecule has 0 aromatic heterocycles. The molecule has 6 nitrogen and oxygen atoms in total. The van der Waals surface area contributed by atoms with Gasteiger partial charge < -0.3 is 10.1 Å². The highest BCUT2D eigenvalue weighted by Gasteiger charge is 2.29. The summed E-state index contributed by atoms with van der Waals surface area (Å²) < 4.78 is 4.85. The Morgan fingerprint density at radius 3 is 2.88 bits per heavy atom. The Morgan fingerprint density at radius 1 is 1.38 bits per heavy atom. The van der Waals surface area contributed by atoms with Crippen molar-refractivity contribution in [2.24, 2.45) is 0 Å². The number of hydrogen-bond donors (Lipinski definition) is 1.